The number of aryl methyl sites for hydroxylation is 2. The standard InChI is InChI=1S/C25H26FN5O5/c1-5-31-23-22(15(2)28-31)29(14-21(32)27-19-11-10-18(35-3)12-20(19)36-4)25(34)30(24(23)33)13-16-6-8-17(26)9-7-16/h6-12H,5,13-14H2,1-4H3,(H,27,32). The van der Waals surface area contributed by atoms with E-state index in [1.165, 1.54) is 47.7 Å². The molecule has 0 saturated carbocycles. The summed E-state index contributed by atoms with van der Waals surface area (Å²) in [5.74, 6) is 0.0106. The van der Waals surface area contributed by atoms with Crippen LogP contribution < -0.4 is 26.0 Å². The molecule has 11 heteroatoms. The van der Waals surface area contributed by atoms with Gasteiger partial charge in [0.25, 0.3) is 5.56 Å². The minimum Gasteiger partial charge on any atom is -0.497 e. The Balaban J connectivity index is 1.79. The Kier molecular flexibility index (Phi) is 6.91. The Morgan fingerprint density at radius 2 is 1.75 bits per heavy atom. The molecule has 1 amide bonds. The number of halogens is 1. The van der Waals surface area contributed by atoms with Crippen molar-refractivity contribution in [1.29, 1.82) is 0 Å². The fraction of sp³-hybridized carbons (Fsp3) is 0.280. The van der Waals surface area contributed by atoms with Gasteiger partial charge in [-0.25, -0.2) is 9.18 Å². The lowest BCUT2D eigenvalue weighted by atomic mass is 10.2. The van der Waals surface area contributed by atoms with E-state index in [0.717, 1.165) is 4.57 Å². The minimum absolute atomic E-state index is 0.0875. The van der Waals surface area contributed by atoms with Crippen LogP contribution in [0.4, 0.5) is 10.1 Å². The zero-order valence-electron chi connectivity index (χ0n) is 20.4. The highest BCUT2D eigenvalue weighted by atomic mass is 19.1. The highest BCUT2D eigenvalue weighted by molar-refractivity contribution is 5.93. The monoisotopic (exact) mass is 495 g/mol. The Bertz CT molecular complexity index is 1550. The molecule has 0 aliphatic carbocycles. The van der Waals surface area contributed by atoms with Gasteiger partial charge in [-0.1, -0.05) is 12.1 Å². The first kappa shape index (κ1) is 24.7. The number of nitrogens with zero attached hydrogens (tertiary/aromatic N) is 4. The van der Waals surface area contributed by atoms with Crippen LogP contribution in [0.5, 0.6) is 11.5 Å². The lowest BCUT2D eigenvalue weighted by Gasteiger charge is -2.15. The number of nitrogens with one attached hydrogen (secondary N) is 1. The molecule has 2 aromatic heterocycles. The smallest absolute Gasteiger partial charge is 0.332 e. The second kappa shape index (κ2) is 10.1. The Morgan fingerprint density at radius 3 is 2.39 bits per heavy atom. The molecule has 2 aromatic carbocycles. The lowest BCUT2D eigenvalue weighted by Crippen LogP contribution is -2.42. The maximum absolute atomic E-state index is 13.5. The number of benzene rings is 2. The largest absolute Gasteiger partial charge is 0.497 e. The molecule has 0 aliphatic rings. The minimum atomic E-state index is -0.674. The zero-order chi connectivity index (χ0) is 26.0. The Morgan fingerprint density at radius 1 is 1.03 bits per heavy atom. The molecular weight excluding hydrogens is 469 g/mol. The molecule has 1 N–H and O–H groups in total. The maximum atomic E-state index is 13.5. The van der Waals surface area contributed by atoms with Crippen LogP contribution in [-0.2, 0) is 24.4 Å². The third-order valence-electron chi connectivity index (χ3n) is 5.81. The first-order valence-corrected chi connectivity index (χ1v) is 11.2. The topological polar surface area (TPSA) is 109 Å². The van der Waals surface area contributed by atoms with Gasteiger partial charge in [-0.05, 0) is 43.7 Å². The van der Waals surface area contributed by atoms with E-state index in [9.17, 15) is 18.8 Å². The number of ether oxygens (including phenoxy) is 2. The highest BCUT2D eigenvalue weighted by Gasteiger charge is 2.22. The van der Waals surface area contributed by atoms with E-state index in [1.807, 2.05) is 6.92 Å². The number of methoxy groups -OCH3 is 2. The van der Waals surface area contributed by atoms with E-state index in [2.05, 4.69) is 10.4 Å². The van der Waals surface area contributed by atoms with Crippen LogP contribution in [0.1, 0.15) is 18.2 Å². The van der Waals surface area contributed by atoms with E-state index >= 15 is 0 Å². The van der Waals surface area contributed by atoms with Gasteiger partial charge in [-0.3, -0.25) is 23.4 Å². The highest BCUT2D eigenvalue weighted by Crippen LogP contribution is 2.29. The molecule has 0 aliphatic heterocycles. The van der Waals surface area contributed by atoms with Crippen molar-refractivity contribution < 1.29 is 18.7 Å². The summed E-state index contributed by atoms with van der Waals surface area (Å²) in [4.78, 5) is 40.0. The summed E-state index contributed by atoms with van der Waals surface area (Å²) in [7, 11) is 2.98. The molecule has 4 aromatic rings. The summed E-state index contributed by atoms with van der Waals surface area (Å²) in [6.07, 6.45) is 0. The Labute approximate surface area is 205 Å². The van der Waals surface area contributed by atoms with E-state index in [1.54, 1.807) is 25.1 Å². The van der Waals surface area contributed by atoms with Crippen LogP contribution in [0.3, 0.4) is 0 Å². The predicted molar refractivity (Wildman–Crippen MR) is 132 cm³/mol. The van der Waals surface area contributed by atoms with E-state index in [4.69, 9.17) is 9.47 Å². The zero-order valence-corrected chi connectivity index (χ0v) is 20.4. The number of carbonyl (C=O) groups excluding carboxylic acids is 1. The fourth-order valence-electron chi connectivity index (χ4n) is 4.09. The van der Waals surface area contributed by atoms with Crippen LogP contribution >= 0.6 is 0 Å². The first-order valence-electron chi connectivity index (χ1n) is 11.2. The summed E-state index contributed by atoms with van der Waals surface area (Å²) in [5.41, 5.74) is 0.708. The summed E-state index contributed by atoms with van der Waals surface area (Å²) in [6.45, 7) is 3.44. The molecular formula is C25H26FN5O5. The van der Waals surface area contributed by atoms with Gasteiger partial charge in [0.2, 0.25) is 5.91 Å². The first-order chi connectivity index (χ1) is 17.3. The van der Waals surface area contributed by atoms with Gasteiger partial charge in [-0.15, -0.1) is 0 Å². The van der Waals surface area contributed by atoms with Gasteiger partial charge in [0.15, 0.2) is 5.52 Å². The molecule has 2 heterocycles. The number of hydrogen-bond donors (Lipinski definition) is 1. The van der Waals surface area contributed by atoms with Crippen LogP contribution in [0.2, 0.25) is 0 Å². The van der Waals surface area contributed by atoms with Gasteiger partial charge < -0.3 is 14.8 Å². The molecule has 10 nitrogen and oxygen atoms in total. The third kappa shape index (κ3) is 4.59. The van der Waals surface area contributed by atoms with Gasteiger partial charge >= 0.3 is 5.69 Å². The Hall–Kier alpha value is -4.41. The van der Waals surface area contributed by atoms with Gasteiger partial charge in [0, 0.05) is 12.6 Å². The SMILES string of the molecule is CCn1nc(C)c2c1c(=O)n(Cc1ccc(F)cc1)c(=O)n2CC(=O)Nc1ccc(OC)cc1OC. The molecule has 0 bridgehead atoms. The average molecular weight is 496 g/mol. The molecule has 0 radical (unpaired) electrons. The normalized spacial score (nSPS) is 11.0. The molecule has 0 fully saturated rings. The predicted octanol–water partition coefficient (Wildman–Crippen LogP) is 2.53. The second-order valence-corrected chi connectivity index (χ2v) is 8.10. The number of fused-ring (bicyclic) bond motifs is 1. The number of rotatable bonds is 8. The van der Waals surface area contributed by atoms with Crippen molar-refractivity contribution in [1.82, 2.24) is 18.9 Å². The van der Waals surface area contributed by atoms with Crippen molar-refractivity contribution >= 4 is 22.6 Å². The molecule has 0 saturated heterocycles. The van der Waals surface area contributed by atoms with Crippen molar-refractivity contribution in [3.05, 3.63) is 80.4 Å². The number of aromatic nitrogens is 4. The molecule has 36 heavy (non-hydrogen) atoms. The average Bonchev–Trinajstić information content (AvgIpc) is 3.22. The number of anilines is 1. The van der Waals surface area contributed by atoms with Crippen LogP contribution in [0.25, 0.3) is 11.0 Å². The number of hydrogen-bond acceptors (Lipinski definition) is 6. The summed E-state index contributed by atoms with van der Waals surface area (Å²) in [6, 6.07) is 10.4. The summed E-state index contributed by atoms with van der Waals surface area (Å²) < 4.78 is 27.7. The number of carbonyl (C=O) groups is 1. The molecule has 188 valence electrons. The third-order valence-corrected chi connectivity index (χ3v) is 5.81. The van der Waals surface area contributed by atoms with Crippen molar-refractivity contribution in [3.8, 4) is 11.5 Å². The van der Waals surface area contributed by atoms with Gasteiger partial charge in [0.05, 0.1) is 32.1 Å². The summed E-state index contributed by atoms with van der Waals surface area (Å²) in [5, 5.41) is 7.14. The lowest BCUT2D eigenvalue weighted by molar-refractivity contribution is -0.116. The van der Waals surface area contributed by atoms with Crippen LogP contribution in [0.15, 0.2) is 52.1 Å². The van der Waals surface area contributed by atoms with Crippen molar-refractivity contribution in [2.45, 2.75) is 33.5 Å². The molecule has 0 atom stereocenters. The van der Waals surface area contributed by atoms with Crippen LogP contribution in [-0.4, -0.2) is 39.0 Å². The van der Waals surface area contributed by atoms with E-state index in [-0.39, 0.29) is 18.6 Å². The fourth-order valence-corrected chi connectivity index (χ4v) is 4.09. The maximum Gasteiger partial charge on any atom is 0.332 e. The van der Waals surface area contributed by atoms with Gasteiger partial charge in [0.1, 0.15) is 29.4 Å². The van der Waals surface area contributed by atoms with Crippen molar-refractivity contribution in [2.75, 3.05) is 19.5 Å². The molecule has 0 unspecified atom stereocenters. The van der Waals surface area contributed by atoms with E-state index in [0.29, 0.717) is 40.5 Å². The summed E-state index contributed by atoms with van der Waals surface area (Å²) >= 11 is 0. The van der Waals surface area contributed by atoms with Crippen molar-refractivity contribution in [3.63, 3.8) is 0 Å². The molecule has 0 spiro atoms. The molecule has 4 rings (SSSR count). The number of amides is 1. The van der Waals surface area contributed by atoms with Gasteiger partial charge in [-0.2, -0.15) is 5.10 Å². The van der Waals surface area contributed by atoms with Crippen LogP contribution in [0, 0.1) is 12.7 Å². The quantitative estimate of drug-likeness (QED) is 0.402. The van der Waals surface area contributed by atoms with Crippen molar-refractivity contribution in [2.24, 2.45) is 0 Å². The second-order valence-electron chi connectivity index (χ2n) is 8.10. The van der Waals surface area contributed by atoms with E-state index < -0.39 is 23.0 Å².